The summed E-state index contributed by atoms with van der Waals surface area (Å²) >= 11 is 1.26. The quantitative estimate of drug-likeness (QED) is 0.741. The minimum atomic E-state index is -0.408. The summed E-state index contributed by atoms with van der Waals surface area (Å²) in [5.74, 6) is -1.14. The average Bonchev–Trinajstić information content (AvgIpc) is 3.16. The monoisotopic (exact) mass is 339 g/mol. The van der Waals surface area contributed by atoms with Crippen molar-refractivity contribution in [3.63, 3.8) is 0 Å². The molecule has 1 aromatic heterocycles. The summed E-state index contributed by atoms with van der Waals surface area (Å²) in [7, 11) is 0. The molecule has 0 radical (unpaired) electrons. The number of imide groups is 1. The van der Waals surface area contributed by atoms with Gasteiger partial charge in [-0.2, -0.15) is 5.01 Å². The van der Waals surface area contributed by atoms with Crippen molar-refractivity contribution in [1.82, 2.24) is 9.99 Å². The number of fused-ring (bicyclic) bond motifs is 1. The Kier molecular flexibility index (Phi) is 3.35. The number of aromatic nitrogens is 1. The Hall–Kier alpha value is -3.06. The Balaban J connectivity index is 1.58. The standard InChI is InChI=1S/C17H10FN3O2S/c18-11-7-5-10(6-8-11)14-9-24-17(19-14)20-21-15(22)12-3-1-2-4-13(12)16(21)23/h1-9H,(H,19,20). The summed E-state index contributed by atoms with van der Waals surface area (Å²) in [6, 6.07) is 12.6. The molecular formula is C17H10FN3O2S. The lowest BCUT2D eigenvalue weighted by atomic mass is 10.1. The summed E-state index contributed by atoms with van der Waals surface area (Å²) in [5.41, 5.74) is 4.88. The van der Waals surface area contributed by atoms with Crippen LogP contribution in [0, 0.1) is 5.82 Å². The number of amides is 2. The summed E-state index contributed by atoms with van der Waals surface area (Å²) < 4.78 is 13.0. The smallest absolute Gasteiger partial charge is 0.267 e. The molecule has 4 rings (SSSR count). The number of nitrogens with zero attached hydrogens (tertiary/aromatic N) is 2. The number of halogens is 1. The van der Waals surface area contributed by atoms with Crippen LogP contribution in [-0.2, 0) is 0 Å². The Bertz CT molecular complexity index is 917. The van der Waals surface area contributed by atoms with Gasteiger partial charge in [-0.05, 0) is 36.4 Å². The third-order valence-electron chi connectivity index (χ3n) is 3.65. The van der Waals surface area contributed by atoms with Crippen molar-refractivity contribution in [2.24, 2.45) is 0 Å². The highest BCUT2D eigenvalue weighted by Gasteiger charge is 2.36. The largest absolute Gasteiger partial charge is 0.280 e. The van der Waals surface area contributed by atoms with Crippen molar-refractivity contribution >= 4 is 28.3 Å². The van der Waals surface area contributed by atoms with Crippen LogP contribution in [0.5, 0.6) is 0 Å². The maximum Gasteiger partial charge on any atom is 0.280 e. The topological polar surface area (TPSA) is 62.3 Å². The first-order chi connectivity index (χ1) is 11.6. The molecule has 0 unspecified atom stereocenters. The first kappa shape index (κ1) is 14.5. The second-order valence-corrected chi connectivity index (χ2v) is 6.01. The van der Waals surface area contributed by atoms with Crippen LogP contribution in [0.15, 0.2) is 53.9 Å². The first-order valence-corrected chi connectivity index (χ1v) is 7.97. The molecule has 0 saturated carbocycles. The molecule has 0 bridgehead atoms. The molecule has 1 N–H and O–H groups in total. The second kappa shape index (κ2) is 5.54. The van der Waals surface area contributed by atoms with E-state index in [4.69, 9.17) is 0 Å². The van der Waals surface area contributed by atoms with Crippen LogP contribution in [0.25, 0.3) is 11.3 Å². The molecule has 2 aromatic carbocycles. The Morgan fingerprint density at radius 2 is 1.58 bits per heavy atom. The van der Waals surface area contributed by atoms with Crippen LogP contribution in [-0.4, -0.2) is 21.8 Å². The molecule has 0 spiro atoms. The first-order valence-electron chi connectivity index (χ1n) is 7.09. The van der Waals surface area contributed by atoms with Gasteiger partial charge in [0.1, 0.15) is 5.82 Å². The number of carbonyl (C=O) groups excluding carboxylic acids is 2. The number of hydrazine groups is 1. The van der Waals surface area contributed by atoms with Crippen LogP contribution in [0.3, 0.4) is 0 Å². The van der Waals surface area contributed by atoms with Crippen molar-refractivity contribution in [2.45, 2.75) is 0 Å². The fourth-order valence-electron chi connectivity index (χ4n) is 2.46. The van der Waals surface area contributed by atoms with Crippen molar-refractivity contribution in [2.75, 3.05) is 5.43 Å². The lowest BCUT2D eigenvalue weighted by Gasteiger charge is -2.13. The van der Waals surface area contributed by atoms with Gasteiger partial charge in [-0.25, -0.2) is 9.37 Å². The van der Waals surface area contributed by atoms with Crippen molar-refractivity contribution in [3.05, 3.63) is 70.9 Å². The van der Waals surface area contributed by atoms with Gasteiger partial charge in [-0.3, -0.25) is 15.0 Å². The van der Waals surface area contributed by atoms with Crippen LogP contribution >= 0.6 is 11.3 Å². The molecule has 118 valence electrons. The minimum Gasteiger partial charge on any atom is -0.267 e. The minimum absolute atomic E-state index is 0.321. The van der Waals surface area contributed by atoms with Gasteiger partial charge in [0.25, 0.3) is 11.8 Å². The van der Waals surface area contributed by atoms with E-state index in [0.717, 1.165) is 10.6 Å². The summed E-state index contributed by atoms with van der Waals surface area (Å²) in [6.07, 6.45) is 0. The van der Waals surface area contributed by atoms with Crippen LogP contribution < -0.4 is 5.43 Å². The number of carbonyl (C=O) groups is 2. The van der Waals surface area contributed by atoms with Crippen LogP contribution in [0.2, 0.25) is 0 Å². The van der Waals surface area contributed by atoms with Crippen molar-refractivity contribution in [3.8, 4) is 11.3 Å². The lowest BCUT2D eigenvalue weighted by molar-refractivity contribution is 0.0691. The van der Waals surface area contributed by atoms with Gasteiger partial charge >= 0.3 is 0 Å². The number of benzene rings is 2. The predicted molar refractivity (Wildman–Crippen MR) is 88.1 cm³/mol. The number of anilines is 1. The fraction of sp³-hybridized carbons (Fsp3) is 0. The van der Waals surface area contributed by atoms with Gasteiger partial charge in [0.2, 0.25) is 5.13 Å². The number of hydrogen-bond donors (Lipinski definition) is 1. The number of nitrogens with one attached hydrogen (secondary N) is 1. The van der Waals surface area contributed by atoms with E-state index in [-0.39, 0.29) is 5.82 Å². The highest BCUT2D eigenvalue weighted by atomic mass is 32.1. The van der Waals surface area contributed by atoms with Gasteiger partial charge < -0.3 is 0 Å². The van der Waals surface area contributed by atoms with E-state index < -0.39 is 11.8 Å². The predicted octanol–water partition coefficient (Wildman–Crippen LogP) is 3.57. The third kappa shape index (κ3) is 2.35. The van der Waals surface area contributed by atoms with Crippen molar-refractivity contribution in [1.29, 1.82) is 0 Å². The van der Waals surface area contributed by atoms with E-state index in [9.17, 15) is 14.0 Å². The van der Waals surface area contributed by atoms with E-state index in [1.807, 2.05) is 0 Å². The Morgan fingerprint density at radius 3 is 2.21 bits per heavy atom. The highest BCUT2D eigenvalue weighted by Crippen LogP contribution is 2.28. The average molecular weight is 339 g/mol. The van der Waals surface area contributed by atoms with Crippen LogP contribution in [0.4, 0.5) is 9.52 Å². The lowest BCUT2D eigenvalue weighted by Crippen LogP contribution is -2.35. The van der Waals surface area contributed by atoms with Gasteiger partial charge in [-0.15, -0.1) is 11.3 Å². The van der Waals surface area contributed by atoms with E-state index >= 15 is 0 Å². The van der Waals surface area contributed by atoms with E-state index in [1.54, 1.807) is 41.8 Å². The molecule has 1 aliphatic rings. The molecule has 3 aromatic rings. The van der Waals surface area contributed by atoms with Gasteiger partial charge in [0, 0.05) is 10.9 Å². The number of thiazole rings is 1. The van der Waals surface area contributed by atoms with Gasteiger partial charge in [0.15, 0.2) is 0 Å². The van der Waals surface area contributed by atoms with Crippen molar-refractivity contribution < 1.29 is 14.0 Å². The van der Waals surface area contributed by atoms with Crippen LogP contribution in [0.1, 0.15) is 20.7 Å². The number of hydrogen-bond acceptors (Lipinski definition) is 5. The molecule has 1 aliphatic heterocycles. The summed E-state index contributed by atoms with van der Waals surface area (Å²) in [4.78, 5) is 29.0. The maximum absolute atomic E-state index is 13.0. The molecule has 24 heavy (non-hydrogen) atoms. The molecule has 0 aliphatic carbocycles. The highest BCUT2D eigenvalue weighted by molar-refractivity contribution is 7.14. The zero-order valence-electron chi connectivity index (χ0n) is 12.2. The molecular weight excluding hydrogens is 329 g/mol. The molecule has 0 saturated heterocycles. The zero-order valence-corrected chi connectivity index (χ0v) is 13.0. The Morgan fingerprint density at radius 1 is 0.958 bits per heavy atom. The maximum atomic E-state index is 13.0. The normalized spacial score (nSPS) is 13.3. The Labute approximate surface area is 140 Å². The van der Waals surface area contributed by atoms with Gasteiger partial charge in [0.05, 0.1) is 16.8 Å². The van der Waals surface area contributed by atoms with E-state index in [0.29, 0.717) is 22.0 Å². The third-order valence-corrected chi connectivity index (χ3v) is 4.39. The second-order valence-electron chi connectivity index (χ2n) is 5.15. The fourth-order valence-corrected chi connectivity index (χ4v) is 3.17. The number of rotatable bonds is 3. The zero-order chi connectivity index (χ0) is 16.7. The molecule has 0 fully saturated rings. The van der Waals surface area contributed by atoms with Gasteiger partial charge in [-0.1, -0.05) is 12.1 Å². The molecule has 5 nitrogen and oxygen atoms in total. The molecule has 7 heteroatoms. The SMILES string of the molecule is O=C1c2ccccc2C(=O)N1Nc1nc(-c2ccc(F)cc2)cs1. The molecule has 0 atom stereocenters. The molecule has 2 amide bonds. The van der Waals surface area contributed by atoms with E-state index in [2.05, 4.69) is 10.4 Å². The summed E-state index contributed by atoms with van der Waals surface area (Å²) in [5, 5.41) is 3.13. The molecule has 2 heterocycles. The summed E-state index contributed by atoms with van der Waals surface area (Å²) in [6.45, 7) is 0. The van der Waals surface area contributed by atoms with E-state index in [1.165, 1.54) is 23.5 Å².